The maximum atomic E-state index is 12.2. The van der Waals surface area contributed by atoms with Gasteiger partial charge in [0.2, 0.25) is 5.91 Å². The van der Waals surface area contributed by atoms with Crippen LogP contribution in [0.5, 0.6) is 11.5 Å². The van der Waals surface area contributed by atoms with Crippen molar-refractivity contribution in [2.24, 2.45) is 5.92 Å². The second-order valence-corrected chi connectivity index (χ2v) is 5.87. The van der Waals surface area contributed by atoms with Crippen LogP contribution in [0.2, 0.25) is 0 Å². The third kappa shape index (κ3) is 7.20. The van der Waals surface area contributed by atoms with Gasteiger partial charge in [-0.1, -0.05) is 6.07 Å². The molecule has 1 aromatic carbocycles. The third-order valence-electron chi connectivity index (χ3n) is 3.79. The summed E-state index contributed by atoms with van der Waals surface area (Å²) in [6, 6.07) is 3.88. The van der Waals surface area contributed by atoms with Gasteiger partial charge in [-0.25, -0.2) is 0 Å². The number of alkyl halides is 3. The summed E-state index contributed by atoms with van der Waals surface area (Å²) < 4.78 is 46.4. The standard InChI is InChI=1S/C17H22F3NO5/c1-10(16(23)24)11(2)21-15(22)7-5-12-4-6-13(14(8-12)25-3)26-9-17(18,19)20/h4,6,8,10-11H,5,7,9H2,1-3H3,(H,21,22)(H,23,24). The normalized spacial score (nSPS) is 13.6. The Morgan fingerprint density at radius 3 is 2.42 bits per heavy atom. The zero-order chi connectivity index (χ0) is 19.9. The fourth-order valence-corrected chi connectivity index (χ4v) is 2.07. The second-order valence-electron chi connectivity index (χ2n) is 5.87. The number of hydrogen-bond acceptors (Lipinski definition) is 4. The Balaban J connectivity index is 2.62. The first kappa shape index (κ1) is 21.6. The monoisotopic (exact) mass is 377 g/mol. The fourth-order valence-electron chi connectivity index (χ4n) is 2.07. The minimum absolute atomic E-state index is 0.0399. The van der Waals surface area contributed by atoms with E-state index in [1.54, 1.807) is 13.0 Å². The maximum absolute atomic E-state index is 12.2. The van der Waals surface area contributed by atoms with E-state index in [0.29, 0.717) is 12.0 Å². The van der Waals surface area contributed by atoms with Gasteiger partial charge in [0.05, 0.1) is 13.0 Å². The zero-order valence-corrected chi connectivity index (χ0v) is 14.7. The minimum Gasteiger partial charge on any atom is -0.493 e. The first-order chi connectivity index (χ1) is 12.0. The highest BCUT2D eigenvalue weighted by Crippen LogP contribution is 2.30. The highest BCUT2D eigenvalue weighted by Gasteiger charge is 2.29. The topological polar surface area (TPSA) is 84.9 Å². The number of carbonyl (C=O) groups excluding carboxylic acids is 1. The van der Waals surface area contributed by atoms with Crippen LogP contribution in [0.25, 0.3) is 0 Å². The van der Waals surface area contributed by atoms with Crippen LogP contribution in [-0.2, 0) is 16.0 Å². The van der Waals surface area contributed by atoms with E-state index in [4.69, 9.17) is 9.84 Å². The Morgan fingerprint density at radius 1 is 1.23 bits per heavy atom. The van der Waals surface area contributed by atoms with Gasteiger partial charge in [-0.15, -0.1) is 0 Å². The van der Waals surface area contributed by atoms with Crippen LogP contribution in [0.1, 0.15) is 25.8 Å². The van der Waals surface area contributed by atoms with Crippen LogP contribution >= 0.6 is 0 Å². The van der Waals surface area contributed by atoms with E-state index in [1.807, 2.05) is 0 Å². The van der Waals surface area contributed by atoms with Crippen molar-refractivity contribution in [3.8, 4) is 11.5 Å². The van der Waals surface area contributed by atoms with E-state index in [-0.39, 0.29) is 23.8 Å². The number of ether oxygens (including phenoxy) is 2. The number of methoxy groups -OCH3 is 1. The first-order valence-electron chi connectivity index (χ1n) is 7.92. The van der Waals surface area contributed by atoms with E-state index in [0.717, 1.165) is 0 Å². The van der Waals surface area contributed by atoms with Gasteiger partial charge in [0.25, 0.3) is 0 Å². The van der Waals surface area contributed by atoms with Crippen molar-refractivity contribution in [3.63, 3.8) is 0 Å². The number of hydrogen-bond donors (Lipinski definition) is 2. The lowest BCUT2D eigenvalue weighted by molar-refractivity contribution is -0.153. The van der Waals surface area contributed by atoms with Crippen LogP contribution in [0.4, 0.5) is 13.2 Å². The van der Waals surface area contributed by atoms with Crippen molar-refractivity contribution in [2.75, 3.05) is 13.7 Å². The average molecular weight is 377 g/mol. The molecule has 9 heteroatoms. The zero-order valence-electron chi connectivity index (χ0n) is 14.7. The lowest BCUT2D eigenvalue weighted by Gasteiger charge is -2.18. The summed E-state index contributed by atoms with van der Waals surface area (Å²) in [6.07, 6.45) is -4.04. The largest absolute Gasteiger partial charge is 0.493 e. The highest BCUT2D eigenvalue weighted by molar-refractivity contribution is 5.78. The van der Waals surface area contributed by atoms with Gasteiger partial charge in [-0.2, -0.15) is 13.2 Å². The predicted molar refractivity (Wildman–Crippen MR) is 87.3 cm³/mol. The molecule has 26 heavy (non-hydrogen) atoms. The molecule has 2 atom stereocenters. The molecule has 0 radical (unpaired) electrons. The van der Waals surface area contributed by atoms with Gasteiger partial charge in [0.1, 0.15) is 0 Å². The van der Waals surface area contributed by atoms with Gasteiger partial charge < -0.3 is 19.9 Å². The summed E-state index contributed by atoms with van der Waals surface area (Å²) in [5.74, 6) is -1.94. The molecule has 0 saturated carbocycles. The number of carboxylic acids is 1. The van der Waals surface area contributed by atoms with Crippen molar-refractivity contribution in [3.05, 3.63) is 23.8 Å². The van der Waals surface area contributed by atoms with Crippen molar-refractivity contribution >= 4 is 11.9 Å². The van der Waals surface area contributed by atoms with E-state index < -0.39 is 30.7 Å². The summed E-state index contributed by atoms with van der Waals surface area (Å²) in [7, 11) is 1.31. The number of carbonyl (C=O) groups is 2. The van der Waals surface area contributed by atoms with E-state index in [2.05, 4.69) is 10.1 Å². The number of carboxylic acid groups (broad SMARTS) is 1. The molecule has 0 aliphatic carbocycles. The van der Waals surface area contributed by atoms with Crippen LogP contribution < -0.4 is 14.8 Å². The first-order valence-corrected chi connectivity index (χ1v) is 7.92. The number of aryl methyl sites for hydroxylation is 1. The molecule has 0 heterocycles. The molecule has 0 aromatic heterocycles. The molecule has 146 valence electrons. The number of halogens is 3. The van der Waals surface area contributed by atoms with Crippen LogP contribution in [0.3, 0.4) is 0 Å². The van der Waals surface area contributed by atoms with Crippen LogP contribution in [-0.4, -0.2) is 42.9 Å². The number of aliphatic carboxylic acids is 1. The summed E-state index contributed by atoms with van der Waals surface area (Å²) in [6.45, 7) is 1.68. The van der Waals surface area contributed by atoms with Gasteiger partial charge in [0, 0.05) is 12.5 Å². The quantitative estimate of drug-likeness (QED) is 0.691. The number of benzene rings is 1. The Hall–Kier alpha value is -2.45. The Kier molecular flexibility index (Phi) is 7.73. The van der Waals surface area contributed by atoms with E-state index >= 15 is 0 Å². The number of rotatable bonds is 9. The van der Waals surface area contributed by atoms with Crippen LogP contribution in [0, 0.1) is 5.92 Å². The van der Waals surface area contributed by atoms with Crippen LogP contribution in [0.15, 0.2) is 18.2 Å². The molecular formula is C17H22F3NO5. The molecule has 1 rings (SSSR count). The summed E-state index contributed by atoms with van der Waals surface area (Å²) in [5.41, 5.74) is 0.676. The summed E-state index contributed by atoms with van der Waals surface area (Å²) in [5, 5.41) is 11.5. The third-order valence-corrected chi connectivity index (χ3v) is 3.79. The van der Waals surface area contributed by atoms with Gasteiger partial charge in [0.15, 0.2) is 18.1 Å². The van der Waals surface area contributed by atoms with Gasteiger partial charge in [-0.05, 0) is 38.0 Å². The highest BCUT2D eigenvalue weighted by atomic mass is 19.4. The molecule has 6 nitrogen and oxygen atoms in total. The second kappa shape index (κ2) is 9.30. The lowest BCUT2D eigenvalue weighted by Crippen LogP contribution is -2.40. The molecule has 1 aromatic rings. The number of amides is 1. The van der Waals surface area contributed by atoms with Gasteiger partial charge in [-0.3, -0.25) is 9.59 Å². The molecule has 0 bridgehead atoms. The maximum Gasteiger partial charge on any atom is 0.422 e. The van der Waals surface area contributed by atoms with Crippen molar-refractivity contribution in [1.82, 2.24) is 5.32 Å². The molecule has 0 fully saturated rings. The van der Waals surface area contributed by atoms with E-state index in [9.17, 15) is 22.8 Å². The summed E-state index contributed by atoms with van der Waals surface area (Å²) >= 11 is 0. The van der Waals surface area contributed by atoms with E-state index in [1.165, 1.54) is 26.2 Å². The Bertz CT molecular complexity index is 633. The summed E-state index contributed by atoms with van der Waals surface area (Å²) in [4.78, 5) is 22.8. The Labute approximate surface area is 149 Å². The molecule has 2 N–H and O–H groups in total. The fraction of sp³-hybridized carbons (Fsp3) is 0.529. The molecule has 0 saturated heterocycles. The van der Waals surface area contributed by atoms with Gasteiger partial charge >= 0.3 is 12.1 Å². The van der Waals surface area contributed by atoms with Crippen molar-refractivity contribution < 1.29 is 37.3 Å². The van der Waals surface area contributed by atoms with Crippen molar-refractivity contribution in [1.29, 1.82) is 0 Å². The number of nitrogens with one attached hydrogen (secondary N) is 1. The molecule has 0 aliphatic heterocycles. The molecular weight excluding hydrogens is 355 g/mol. The molecule has 0 spiro atoms. The van der Waals surface area contributed by atoms with Crippen molar-refractivity contribution in [2.45, 2.75) is 38.9 Å². The smallest absolute Gasteiger partial charge is 0.422 e. The predicted octanol–water partition coefficient (Wildman–Crippen LogP) is 2.79. The lowest BCUT2D eigenvalue weighted by atomic mass is 10.0. The average Bonchev–Trinajstić information content (AvgIpc) is 2.56. The molecule has 2 unspecified atom stereocenters. The Morgan fingerprint density at radius 2 is 1.88 bits per heavy atom. The molecule has 0 aliphatic rings. The SMILES string of the molecule is COc1cc(CCC(=O)NC(C)C(C)C(=O)O)ccc1OCC(F)(F)F. The minimum atomic E-state index is -4.45. The molecule has 1 amide bonds.